The van der Waals surface area contributed by atoms with Gasteiger partial charge in [-0.05, 0) is 75.3 Å². The van der Waals surface area contributed by atoms with E-state index in [1.165, 1.54) is 42.2 Å². The van der Waals surface area contributed by atoms with E-state index < -0.39 is 0 Å². The summed E-state index contributed by atoms with van der Waals surface area (Å²) in [6, 6.07) is 8.87. The highest BCUT2D eigenvalue weighted by atomic mass is 32.2. The Hall–Kier alpha value is -2.01. The van der Waals surface area contributed by atoms with Crippen molar-refractivity contribution >= 4 is 23.5 Å². The fraction of sp³-hybridized carbons (Fsp3) is 0.455. The highest BCUT2D eigenvalue weighted by Crippen LogP contribution is 2.38. The van der Waals surface area contributed by atoms with Crippen LogP contribution in [-0.2, 0) is 22.4 Å². The molecule has 0 saturated heterocycles. The molecule has 27 heavy (non-hydrogen) atoms. The molecule has 0 spiro atoms. The van der Waals surface area contributed by atoms with Crippen molar-refractivity contribution in [3.05, 3.63) is 52.3 Å². The van der Waals surface area contributed by atoms with Crippen LogP contribution in [0.4, 0.5) is 0 Å². The summed E-state index contributed by atoms with van der Waals surface area (Å²) >= 11 is 1.47. The van der Waals surface area contributed by atoms with E-state index in [4.69, 9.17) is 4.74 Å². The lowest BCUT2D eigenvalue weighted by Gasteiger charge is -2.08. The Labute approximate surface area is 164 Å². The van der Waals surface area contributed by atoms with E-state index in [0.717, 1.165) is 29.1 Å². The number of benzene rings is 1. The second kappa shape index (κ2) is 7.55. The number of carbonyl (C=O) groups is 2. The molecule has 2 aromatic rings. The van der Waals surface area contributed by atoms with Crippen LogP contribution in [0.5, 0.6) is 0 Å². The van der Waals surface area contributed by atoms with Gasteiger partial charge in [-0.15, -0.1) is 11.8 Å². The molecule has 1 aromatic carbocycles. The van der Waals surface area contributed by atoms with Crippen LogP contribution in [0.3, 0.4) is 0 Å². The summed E-state index contributed by atoms with van der Waals surface area (Å²) in [7, 11) is 0. The monoisotopic (exact) mass is 383 g/mol. The van der Waals surface area contributed by atoms with Crippen LogP contribution in [-0.4, -0.2) is 28.7 Å². The fourth-order valence-electron chi connectivity index (χ4n) is 4.00. The molecule has 0 N–H and O–H groups in total. The summed E-state index contributed by atoms with van der Waals surface area (Å²) in [4.78, 5) is 25.6. The van der Waals surface area contributed by atoms with Gasteiger partial charge in [0, 0.05) is 27.9 Å². The first-order valence-electron chi connectivity index (χ1n) is 9.65. The standard InChI is InChI=1S/C22H25NO3S/c1-14-10-20(15(2)23(14)18-7-8-18)21(24)12-26-22(25)13-27-19-9-6-16-4-3-5-17(16)11-19/h6,9-11,18H,3-5,7-8,12-13H2,1-2H3. The Balaban J connectivity index is 1.29. The molecule has 1 fully saturated rings. The molecule has 4 nitrogen and oxygen atoms in total. The number of rotatable bonds is 7. The number of ether oxygens (including phenoxy) is 1. The average Bonchev–Trinajstić information content (AvgIpc) is 3.29. The fourth-order valence-corrected chi connectivity index (χ4v) is 4.76. The highest BCUT2D eigenvalue weighted by Gasteiger charge is 2.28. The van der Waals surface area contributed by atoms with Crippen LogP contribution in [0.2, 0.25) is 0 Å². The van der Waals surface area contributed by atoms with Gasteiger partial charge >= 0.3 is 5.97 Å². The zero-order valence-electron chi connectivity index (χ0n) is 15.9. The molecular weight excluding hydrogens is 358 g/mol. The van der Waals surface area contributed by atoms with Gasteiger partial charge in [0.2, 0.25) is 5.78 Å². The molecule has 0 atom stereocenters. The second-order valence-electron chi connectivity index (χ2n) is 7.54. The number of Topliss-reactive ketones (excluding diaryl/α,β-unsaturated/α-hetero) is 1. The predicted molar refractivity (Wildman–Crippen MR) is 107 cm³/mol. The van der Waals surface area contributed by atoms with Gasteiger partial charge in [0.1, 0.15) is 0 Å². The van der Waals surface area contributed by atoms with Crippen molar-refractivity contribution in [3.8, 4) is 0 Å². The Morgan fingerprint density at radius 3 is 2.70 bits per heavy atom. The van der Waals surface area contributed by atoms with Gasteiger partial charge in [-0.1, -0.05) is 6.07 Å². The lowest BCUT2D eigenvalue weighted by Crippen LogP contribution is -2.16. The molecule has 4 rings (SSSR count). The molecular formula is C22H25NO3S. The van der Waals surface area contributed by atoms with Crippen molar-refractivity contribution in [3.63, 3.8) is 0 Å². The van der Waals surface area contributed by atoms with Gasteiger partial charge in [0.15, 0.2) is 6.61 Å². The number of nitrogens with zero attached hydrogens (tertiary/aromatic N) is 1. The first-order chi connectivity index (χ1) is 13.0. The minimum absolute atomic E-state index is 0.120. The lowest BCUT2D eigenvalue weighted by molar-refractivity contribution is -0.139. The maximum absolute atomic E-state index is 12.5. The van der Waals surface area contributed by atoms with E-state index in [1.807, 2.05) is 19.9 Å². The Morgan fingerprint density at radius 1 is 1.15 bits per heavy atom. The van der Waals surface area contributed by atoms with Crippen molar-refractivity contribution < 1.29 is 14.3 Å². The van der Waals surface area contributed by atoms with Crippen LogP contribution in [0.15, 0.2) is 29.2 Å². The predicted octanol–water partition coefficient (Wildman–Crippen LogP) is 4.45. The molecule has 5 heteroatoms. The van der Waals surface area contributed by atoms with Crippen LogP contribution in [0, 0.1) is 13.8 Å². The minimum Gasteiger partial charge on any atom is -0.457 e. The SMILES string of the molecule is Cc1cc(C(=O)COC(=O)CSc2ccc3c(c2)CCC3)c(C)n1C1CC1. The molecule has 142 valence electrons. The topological polar surface area (TPSA) is 48.3 Å². The van der Waals surface area contributed by atoms with Crippen molar-refractivity contribution in [1.82, 2.24) is 4.57 Å². The molecule has 0 aliphatic heterocycles. The lowest BCUT2D eigenvalue weighted by atomic mass is 10.1. The van der Waals surface area contributed by atoms with Crippen molar-refractivity contribution in [2.75, 3.05) is 12.4 Å². The van der Waals surface area contributed by atoms with E-state index >= 15 is 0 Å². The maximum Gasteiger partial charge on any atom is 0.316 e. The Bertz CT molecular complexity index is 895. The largest absolute Gasteiger partial charge is 0.457 e. The zero-order chi connectivity index (χ0) is 19.0. The van der Waals surface area contributed by atoms with Crippen LogP contribution in [0.25, 0.3) is 0 Å². The Morgan fingerprint density at radius 2 is 1.93 bits per heavy atom. The van der Waals surface area contributed by atoms with Gasteiger partial charge in [0.05, 0.1) is 5.75 Å². The van der Waals surface area contributed by atoms with Gasteiger partial charge in [-0.25, -0.2) is 0 Å². The average molecular weight is 384 g/mol. The van der Waals surface area contributed by atoms with Crippen molar-refractivity contribution in [1.29, 1.82) is 0 Å². The summed E-state index contributed by atoms with van der Waals surface area (Å²) in [6.45, 7) is 3.82. The van der Waals surface area contributed by atoms with Crippen molar-refractivity contribution in [2.24, 2.45) is 0 Å². The number of carbonyl (C=O) groups excluding carboxylic acids is 2. The number of hydrogen-bond donors (Lipinski definition) is 0. The van der Waals surface area contributed by atoms with Crippen LogP contribution < -0.4 is 0 Å². The third-order valence-electron chi connectivity index (χ3n) is 5.49. The molecule has 0 amide bonds. The van der Waals surface area contributed by atoms with Gasteiger partial charge in [-0.2, -0.15) is 0 Å². The Kier molecular flexibility index (Phi) is 5.13. The van der Waals surface area contributed by atoms with Crippen molar-refractivity contribution in [2.45, 2.75) is 56.9 Å². The smallest absolute Gasteiger partial charge is 0.316 e. The molecule has 1 heterocycles. The van der Waals surface area contributed by atoms with Gasteiger partial charge in [0.25, 0.3) is 0 Å². The van der Waals surface area contributed by atoms with E-state index in [2.05, 4.69) is 22.8 Å². The molecule has 1 saturated carbocycles. The molecule has 2 aliphatic carbocycles. The van der Waals surface area contributed by atoms with Gasteiger partial charge < -0.3 is 9.30 Å². The molecule has 0 bridgehead atoms. The summed E-state index contributed by atoms with van der Waals surface area (Å²) in [5.74, 6) is -0.233. The summed E-state index contributed by atoms with van der Waals surface area (Å²) in [6.07, 6.45) is 5.86. The van der Waals surface area contributed by atoms with Crippen LogP contribution >= 0.6 is 11.8 Å². The maximum atomic E-state index is 12.5. The first-order valence-corrected chi connectivity index (χ1v) is 10.6. The first kappa shape index (κ1) is 18.4. The normalized spacial score (nSPS) is 15.6. The number of thioether (sulfide) groups is 1. The number of aromatic nitrogens is 1. The quantitative estimate of drug-likeness (QED) is 0.403. The zero-order valence-corrected chi connectivity index (χ0v) is 16.7. The van der Waals surface area contributed by atoms with E-state index in [9.17, 15) is 9.59 Å². The summed E-state index contributed by atoms with van der Waals surface area (Å²) < 4.78 is 7.47. The van der Waals surface area contributed by atoms with E-state index in [0.29, 0.717) is 11.6 Å². The minimum atomic E-state index is -0.343. The van der Waals surface area contributed by atoms with E-state index in [-0.39, 0.29) is 24.1 Å². The molecule has 1 aromatic heterocycles. The molecule has 0 unspecified atom stereocenters. The molecule has 2 aliphatic rings. The third-order valence-corrected chi connectivity index (χ3v) is 6.45. The highest BCUT2D eigenvalue weighted by molar-refractivity contribution is 8.00. The van der Waals surface area contributed by atoms with Gasteiger partial charge in [-0.3, -0.25) is 9.59 Å². The third kappa shape index (κ3) is 3.98. The number of fused-ring (bicyclic) bond motifs is 1. The number of aryl methyl sites for hydroxylation is 3. The number of ketones is 1. The second-order valence-corrected chi connectivity index (χ2v) is 8.59. The number of hydrogen-bond acceptors (Lipinski definition) is 4. The van der Waals surface area contributed by atoms with E-state index in [1.54, 1.807) is 0 Å². The van der Waals surface area contributed by atoms with Crippen LogP contribution in [0.1, 0.15) is 58.2 Å². The molecule has 0 radical (unpaired) electrons. The summed E-state index contributed by atoms with van der Waals surface area (Å²) in [5, 5.41) is 0. The number of esters is 1. The summed E-state index contributed by atoms with van der Waals surface area (Å²) in [5.41, 5.74) is 5.60.